The summed E-state index contributed by atoms with van der Waals surface area (Å²) >= 11 is 1.33. The minimum Gasteiger partial charge on any atom is -0.483 e. The van der Waals surface area contributed by atoms with Gasteiger partial charge in [-0.15, -0.1) is 10.2 Å². The lowest BCUT2D eigenvalue weighted by Gasteiger charge is -2.34. The SMILES string of the molecule is CC1CCCC(NC(=O)CSc2nnc(COc3ccccc3F)n2-c2ccccc2)C1C. The molecule has 0 spiro atoms. The predicted octanol–water partition coefficient (Wildman–Crippen LogP) is 5.02. The summed E-state index contributed by atoms with van der Waals surface area (Å²) in [6.45, 7) is 4.52. The maximum absolute atomic E-state index is 14.0. The molecule has 0 aliphatic heterocycles. The van der Waals surface area contributed by atoms with Crippen molar-refractivity contribution in [3.63, 3.8) is 0 Å². The molecule has 3 aromatic rings. The number of hydrogen-bond donors (Lipinski definition) is 1. The lowest BCUT2D eigenvalue weighted by molar-refractivity contribution is -0.120. The van der Waals surface area contributed by atoms with Crippen LogP contribution in [-0.2, 0) is 11.4 Å². The molecule has 1 aliphatic rings. The van der Waals surface area contributed by atoms with Crippen LogP contribution in [0, 0.1) is 17.7 Å². The normalized spacial score (nSPS) is 20.4. The third-order valence-electron chi connectivity index (χ3n) is 6.29. The number of thioether (sulfide) groups is 1. The van der Waals surface area contributed by atoms with Crippen molar-refractivity contribution >= 4 is 17.7 Å². The molecular weight excluding hydrogens is 439 g/mol. The zero-order valence-corrected chi connectivity index (χ0v) is 19.7. The lowest BCUT2D eigenvalue weighted by atomic mass is 9.78. The van der Waals surface area contributed by atoms with Crippen LogP contribution < -0.4 is 10.1 Å². The van der Waals surface area contributed by atoms with Gasteiger partial charge in [-0.05, 0) is 42.5 Å². The van der Waals surface area contributed by atoms with Crippen molar-refractivity contribution in [3.8, 4) is 11.4 Å². The van der Waals surface area contributed by atoms with Gasteiger partial charge < -0.3 is 10.1 Å². The second kappa shape index (κ2) is 10.8. The number of aromatic nitrogens is 3. The van der Waals surface area contributed by atoms with E-state index in [1.165, 1.54) is 24.2 Å². The van der Waals surface area contributed by atoms with E-state index in [2.05, 4.69) is 29.4 Å². The Morgan fingerprint density at radius 1 is 1.12 bits per heavy atom. The monoisotopic (exact) mass is 468 g/mol. The van der Waals surface area contributed by atoms with E-state index in [1.54, 1.807) is 18.2 Å². The molecule has 0 radical (unpaired) electrons. The number of hydrogen-bond acceptors (Lipinski definition) is 5. The molecule has 1 amide bonds. The standard InChI is InChI=1S/C25H29FN4O2S/c1-17-9-8-13-21(18(17)2)27-24(31)16-33-25-29-28-23(30(25)19-10-4-3-5-11-19)15-32-22-14-7-6-12-20(22)26/h3-7,10-12,14,17-18,21H,8-9,13,15-16H2,1-2H3,(H,27,31). The van der Waals surface area contributed by atoms with Gasteiger partial charge in [0.25, 0.3) is 0 Å². The minimum absolute atomic E-state index is 0.00211. The van der Waals surface area contributed by atoms with Crippen LogP contribution >= 0.6 is 11.8 Å². The summed E-state index contributed by atoms with van der Waals surface area (Å²) in [6.07, 6.45) is 3.40. The van der Waals surface area contributed by atoms with E-state index in [-0.39, 0.29) is 30.1 Å². The molecule has 0 bridgehead atoms. The number of nitrogens with zero attached hydrogens (tertiary/aromatic N) is 3. The van der Waals surface area contributed by atoms with Crippen molar-refractivity contribution in [2.45, 2.75) is 50.9 Å². The number of ether oxygens (including phenoxy) is 1. The zero-order chi connectivity index (χ0) is 23.2. The number of benzene rings is 2. The van der Waals surface area contributed by atoms with Crippen LogP contribution in [0.5, 0.6) is 5.75 Å². The van der Waals surface area contributed by atoms with Gasteiger partial charge in [0.1, 0.15) is 6.61 Å². The van der Waals surface area contributed by atoms with Crippen molar-refractivity contribution < 1.29 is 13.9 Å². The van der Waals surface area contributed by atoms with Crippen LogP contribution in [0.3, 0.4) is 0 Å². The van der Waals surface area contributed by atoms with Gasteiger partial charge in [-0.3, -0.25) is 9.36 Å². The highest BCUT2D eigenvalue weighted by Crippen LogP contribution is 2.30. The van der Waals surface area contributed by atoms with E-state index in [0.717, 1.165) is 18.5 Å². The number of halogens is 1. The summed E-state index contributed by atoms with van der Waals surface area (Å²) in [5.74, 6) is 1.60. The zero-order valence-electron chi connectivity index (χ0n) is 18.9. The molecule has 3 atom stereocenters. The topological polar surface area (TPSA) is 69.0 Å². The number of carbonyl (C=O) groups is 1. The molecule has 0 saturated heterocycles. The fourth-order valence-electron chi connectivity index (χ4n) is 4.19. The fourth-order valence-corrected chi connectivity index (χ4v) is 4.97. The molecule has 4 rings (SSSR count). The maximum Gasteiger partial charge on any atom is 0.230 e. The number of rotatable bonds is 8. The first-order valence-corrected chi connectivity index (χ1v) is 12.3. The van der Waals surface area contributed by atoms with Crippen LogP contribution in [0.4, 0.5) is 4.39 Å². The molecule has 1 N–H and O–H groups in total. The van der Waals surface area contributed by atoms with E-state index in [0.29, 0.717) is 22.8 Å². The molecule has 1 fully saturated rings. The van der Waals surface area contributed by atoms with Gasteiger partial charge in [0.15, 0.2) is 22.5 Å². The van der Waals surface area contributed by atoms with Gasteiger partial charge in [0, 0.05) is 11.7 Å². The number of nitrogens with one attached hydrogen (secondary N) is 1. The van der Waals surface area contributed by atoms with Crippen LogP contribution in [-0.4, -0.2) is 32.5 Å². The maximum atomic E-state index is 14.0. The molecule has 1 heterocycles. The Bertz CT molecular complexity index is 1080. The van der Waals surface area contributed by atoms with E-state index >= 15 is 0 Å². The van der Waals surface area contributed by atoms with Crippen molar-refractivity contribution in [1.29, 1.82) is 0 Å². The summed E-state index contributed by atoms with van der Waals surface area (Å²) in [7, 11) is 0. The highest BCUT2D eigenvalue weighted by molar-refractivity contribution is 7.99. The lowest BCUT2D eigenvalue weighted by Crippen LogP contribution is -2.44. The summed E-state index contributed by atoms with van der Waals surface area (Å²) in [5.41, 5.74) is 0.854. The first-order valence-electron chi connectivity index (χ1n) is 11.3. The van der Waals surface area contributed by atoms with Crippen LogP contribution in [0.1, 0.15) is 38.9 Å². The summed E-state index contributed by atoms with van der Waals surface area (Å²) < 4.78 is 21.5. The molecule has 1 saturated carbocycles. The highest BCUT2D eigenvalue weighted by Gasteiger charge is 2.28. The van der Waals surface area contributed by atoms with E-state index in [9.17, 15) is 9.18 Å². The molecule has 1 aromatic heterocycles. The second-order valence-corrected chi connectivity index (χ2v) is 9.46. The minimum atomic E-state index is -0.430. The van der Waals surface area contributed by atoms with Gasteiger partial charge in [-0.2, -0.15) is 0 Å². The number of carbonyl (C=O) groups excluding carboxylic acids is 1. The Balaban J connectivity index is 1.46. The molecule has 2 aromatic carbocycles. The highest BCUT2D eigenvalue weighted by atomic mass is 32.2. The van der Waals surface area contributed by atoms with E-state index in [4.69, 9.17) is 4.74 Å². The summed E-state index contributed by atoms with van der Waals surface area (Å²) in [4.78, 5) is 12.7. The molecular formula is C25H29FN4O2S. The second-order valence-electron chi connectivity index (χ2n) is 8.52. The Morgan fingerprint density at radius 3 is 2.67 bits per heavy atom. The molecule has 174 valence electrons. The predicted molar refractivity (Wildman–Crippen MR) is 127 cm³/mol. The first kappa shape index (κ1) is 23.3. The third kappa shape index (κ3) is 5.74. The van der Waals surface area contributed by atoms with Crippen LogP contribution in [0.2, 0.25) is 0 Å². The summed E-state index contributed by atoms with van der Waals surface area (Å²) in [6, 6.07) is 16.1. The molecule has 1 aliphatic carbocycles. The average molecular weight is 469 g/mol. The Kier molecular flexibility index (Phi) is 7.65. The van der Waals surface area contributed by atoms with Crippen molar-refractivity contribution in [3.05, 3.63) is 66.2 Å². The number of para-hydroxylation sites is 2. The van der Waals surface area contributed by atoms with Crippen molar-refractivity contribution in [1.82, 2.24) is 20.1 Å². The van der Waals surface area contributed by atoms with Crippen molar-refractivity contribution in [2.24, 2.45) is 11.8 Å². The quantitative estimate of drug-likeness (QED) is 0.470. The Hall–Kier alpha value is -2.87. The molecule has 8 heteroatoms. The largest absolute Gasteiger partial charge is 0.483 e. The molecule has 33 heavy (non-hydrogen) atoms. The van der Waals surface area contributed by atoms with Gasteiger partial charge in [-0.25, -0.2) is 4.39 Å². The van der Waals surface area contributed by atoms with E-state index < -0.39 is 5.82 Å². The third-order valence-corrected chi connectivity index (χ3v) is 7.22. The van der Waals surface area contributed by atoms with Gasteiger partial charge in [0.05, 0.1) is 5.75 Å². The first-order chi connectivity index (χ1) is 16.0. The van der Waals surface area contributed by atoms with Crippen LogP contribution in [0.25, 0.3) is 5.69 Å². The van der Waals surface area contributed by atoms with Crippen molar-refractivity contribution in [2.75, 3.05) is 5.75 Å². The Morgan fingerprint density at radius 2 is 1.88 bits per heavy atom. The number of amides is 1. The summed E-state index contributed by atoms with van der Waals surface area (Å²) in [5, 5.41) is 12.4. The van der Waals surface area contributed by atoms with Gasteiger partial charge in [0.2, 0.25) is 5.91 Å². The molecule has 6 nitrogen and oxygen atoms in total. The fraction of sp³-hybridized carbons (Fsp3) is 0.400. The van der Waals surface area contributed by atoms with Gasteiger partial charge >= 0.3 is 0 Å². The Labute approximate surface area is 197 Å². The molecule has 3 unspecified atom stereocenters. The van der Waals surface area contributed by atoms with Crippen LogP contribution in [0.15, 0.2) is 59.8 Å². The average Bonchev–Trinajstić information content (AvgIpc) is 3.23. The van der Waals surface area contributed by atoms with E-state index in [1.807, 2.05) is 34.9 Å². The van der Waals surface area contributed by atoms with Gasteiger partial charge in [-0.1, -0.05) is 68.8 Å². The smallest absolute Gasteiger partial charge is 0.230 e.